The highest BCUT2D eigenvalue weighted by Gasteiger charge is 2.24. The van der Waals surface area contributed by atoms with Crippen molar-refractivity contribution in [1.82, 2.24) is 5.32 Å². The van der Waals surface area contributed by atoms with Crippen LogP contribution in [0.25, 0.3) is 0 Å². The summed E-state index contributed by atoms with van der Waals surface area (Å²) in [5.41, 5.74) is 3.10. The number of carbonyl (C=O) groups is 1. The fourth-order valence-corrected chi connectivity index (χ4v) is 3.15. The molecular formula is C20H24N2O3. The summed E-state index contributed by atoms with van der Waals surface area (Å²) in [4.78, 5) is 13.4. The van der Waals surface area contributed by atoms with Gasteiger partial charge in [0.05, 0.1) is 6.54 Å². The zero-order valence-electron chi connectivity index (χ0n) is 14.4. The van der Waals surface area contributed by atoms with E-state index in [1.54, 1.807) is 4.90 Å². The number of hydrogen-bond acceptors (Lipinski definition) is 4. The van der Waals surface area contributed by atoms with Crippen LogP contribution in [0.1, 0.15) is 36.6 Å². The number of carbonyl (C=O) groups excluding carboxylic acids is 1. The second-order valence-corrected chi connectivity index (χ2v) is 6.22. The van der Waals surface area contributed by atoms with Gasteiger partial charge in [-0.05, 0) is 36.6 Å². The molecular weight excluding hydrogens is 316 g/mol. The number of ether oxygens (including phenoxy) is 1. The summed E-state index contributed by atoms with van der Waals surface area (Å²) in [6, 6.07) is 18.2. The molecule has 0 radical (unpaired) electrons. The molecule has 2 N–H and O–H groups in total. The lowest BCUT2D eigenvalue weighted by molar-refractivity contribution is 0.181. The van der Waals surface area contributed by atoms with Gasteiger partial charge in [0.15, 0.2) is 0 Å². The molecule has 1 unspecified atom stereocenters. The van der Waals surface area contributed by atoms with E-state index >= 15 is 0 Å². The van der Waals surface area contributed by atoms with Gasteiger partial charge in [0, 0.05) is 24.4 Å². The van der Waals surface area contributed by atoms with Gasteiger partial charge >= 0.3 is 6.09 Å². The van der Waals surface area contributed by atoms with Crippen LogP contribution in [0, 0.1) is 0 Å². The van der Waals surface area contributed by atoms with E-state index < -0.39 is 0 Å². The van der Waals surface area contributed by atoms with Crippen molar-refractivity contribution in [2.75, 3.05) is 24.7 Å². The van der Waals surface area contributed by atoms with E-state index in [2.05, 4.69) is 24.4 Å². The Hall–Kier alpha value is -2.37. The third-order valence-electron chi connectivity index (χ3n) is 4.51. The molecule has 1 aliphatic heterocycles. The number of nitrogens with one attached hydrogen (secondary N) is 1. The number of amides is 1. The highest BCUT2D eigenvalue weighted by atomic mass is 16.6. The molecule has 1 aliphatic rings. The Bertz CT molecular complexity index is 705. The number of aliphatic hydroxyl groups is 1. The van der Waals surface area contributed by atoms with Crippen molar-refractivity contribution in [3.63, 3.8) is 0 Å². The van der Waals surface area contributed by atoms with E-state index in [0.717, 1.165) is 16.8 Å². The van der Waals surface area contributed by atoms with E-state index in [1.165, 1.54) is 0 Å². The quantitative estimate of drug-likeness (QED) is 0.811. The number of hydrogen-bond donors (Lipinski definition) is 2. The fraction of sp³-hybridized carbons (Fsp3) is 0.350. The maximum absolute atomic E-state index is 11.8. The Morgan fingerprint density at radius 2 is 1.92 bits per heavy atom. The average Bonchev–Trinajstić information content (AvgIpc) is 3.08. The second-order valence-electron chi connectivity index (χ2n) is 6.22. The third-order valence-corrected chi connectivity index (χ3v) is 4.51. The summed E-state index contributed by atoms with van der Waals surface area (Å²) in [5.74, 6) is 0. The zero-order valence-corrected chi connectivity index (χ0v) is 14.4. The molecule has 2 atom stereocenters. The van der Waals surface area contributed by atoms with E-state index in [9.17, 15) is 9.90 Å². The van der Waals surface area contributed by atoms with Crippen molar-refractivity contribution >= 4 is 11.8 Å². The Kier molecular flexibility index (Phi) is 5.68. The molecule has 132 valence electrons. The predicted octanol–water partition coefficient (Wildman–Crippen LogP) is 3.42. The van der Waals surface area contributed by atoms with Crippen LogP contribution in [0.15, 0.2) is 54.6 Å². The van der Waals surface area contributed by atoms with Crippen molar-refractivity contribution in [2.45, 2.75) is 25.4 Å². The van der Waals surface area contributed by atoms with Crippen LogP contribution in [-0.2, 0) is 4.74 Å². The van der Waals surface area contributed by atoms with Gasteiger partial charge in [-0.15, -0.1) is 0 Å². The van der Waals surface area contributed by atoms with Gasteiger partial charge < -0.3 is 15.2 Å². The standard InChI is InChI=1S/C20H24N2O3/c1-15(21-19(10-12-23)16-6-3-2-4-7-16)17-8-5-9-18(14-17)22-11-13-25-20(22)24/h2-9,14-15,19,21,23H,10-13H2,1H3/t15?,19-/m1/s1. The summed E-state index contributed by atoms with van der Waals surface area (Å²) in [6.07, 6.45) is 0.354. The van der Waals surface area contributed by atoms with Crippen LogP contribution >= 0.6 is 0 Å². The maximum Gasteiger partial charge on any atom is 0.414 e. The summed E-state index contributed by atoms with van der Waals surface area (Å²) in [7, 11) is 0. The molecule has 1 heterocycles. The topological polar surface area (TPSA) is 61.8 Å². The van der Waals surface area contributed by atoms with Gasteiger partial charge in [-0.25, -0.2) is 4.79 Å². The number of cyclic esters (lactones) is 1. The smallest absolute Gasteiger partial charge is 0.414 e. The Labute approximate surface area is 148 Å². The van der Waals surface area contributed by atoms with Crippen LogP contribution in [-0.4, -0.2) is 31.0 Å². The lowest BCUT2D eigenvalue weighted by Gasteiger charge is -2.24. The first-order valence-corrected chi connectivity index (χ1v) is 8.65. The Morgan fingerprint density at radius 1 is 1.16 bits per heavy atom. The van der Waals surface area contributed by atoms with Gasteiger partial charge in [0.2, 0.25) is 0 Å². The first kappa shape index (κ1) is 17.5. The van der Waals surface area contributed by atoms with Crippen molar-refractivity contribution in [3.05, 3.63) is 65.7 Å². The lowest BCUT2D eigenvalue weighted by atomic mass is 10.0. The normalized spacial score (nSPS) is 16.6. The minimum absolute atomic E-state index is 0.0709. The minimum atomic E-state index is -0.291. The van der Waals surface area contributed by atoms with Crippen molar-refractivity contribution in [2.24, 2.45) is 0 Å². The third kappa shape index (κ3) is 4.18. The lowest BCUT2D eigenvalue weighted by Crippen LogP contribution is -2.26. The van der Waals surface area contributed by atoms with E-state index in [1.807, 2.05) is 42.5 Å². The molecule has 2 aromatic carbocycles. The largest absolute Gasteiger partial charge is 0.447 e. The highest BCUT2D eigenvalue weighted by Crippen LogP contribution is 2.26. The van der Waals surface area contributed by atoms with Crippen LogP contribution in [0.5, 0.6) is 0 Å². The van der Waals surface area contributed by atoms with Crippen molar-refractivity contribution in [1.29, 1.82) is 0 Å². The van der Waals surface area contributed by atoms with Gasteiger partial charge in [0.25, 0.3) is 0 Å². The Balaban J connectivity index is 1.75. The predicted molar refractivity (Wildman–Crippen MR) is 97.6 cm³/mol. The first-order chi connectivity index (χ1) is 12.2. The number of aliphatic hydroxyl groups excluding tert-OH is 1. The Morgan fingerprint density at radius 3 is 2.60 bits per heavy atom. The molecule has 2 aromatic rings. The summed E-state index contributed by atoms with van der Waals surface area (Å²) in [6.45, 7) is 3.23. The minimum Gasteiger partial charge on any atom is -0.447 e. The van der Waals surface area contributed by atoms with Crippen LogP contribution in [0.2, 0.25) is 0 Å². The molecule has 0 saturated carbocycles. The molecule has 0 spiro atoms. The second kappa shape index (κ2) is 8.14. The maximum atomic E-state index is 11.8. The summed E-state index contributed by atoms with van der Waals surface area (Å²) < 4.78 is 5.02. The number of rotatable bonds is 7. The molecule has 25 heavy (non-hydrogen) atoms. The average molecular weight is 340 g/mol. The highest BCUT2D eigenvalue weighted by molar-refractivity contribution is 5.89. The molecule has 3 rings (SSSR count). The van der Waals surface area contributed by atoms with E-state index in [-0.39, 0.29) is 24.8 Å². The summed E-state index contributed by atoms with van der Waals surface area (Å²) >= 11 is 0. The van der Waals surface area contributed by atoms with Gasteiger partial charge in [-0.2, -0.15) is 0 Å². The molecule has 1 amide bonds. The molecule has 0 bridgehead atoms. The van der Waals surface area contributed by atoms with Gasteiger partial charge in [0.1, 0.15) is 6.61 Å². The molecule has 0 aliphatic carbocycles. The van der Waals surface area contributed by atoms with Crippen molar-refractivity contribution < 1.29 is 14.6 Å². The molecule has 1 saturated heterocycles. The molecule has 0 aromatic heterocycles. The monoisotopic (exact) mass is 340 g/mol. The van der Waals surface area contributed by atoms with E-state index in [4.69, 9.17) is 4.74 Å². The summed E-state index contributed by atoms with van der Waals surface area (Å²) in [5, 5.41) is 13.0. The van der Waals surface area contributed by atoms with Crippen LogP contribution < -0.4 is 10.2 Å². The molecule has 1 fully saturated rings. The first-order valence-electron chi connectivity index (χ1n) is 8.65. The van der Waals surface area contributed by atoms with E-state index in [0.29, 0.717) is 19.6 Å². The van der Waals surface area contributed by atoms with Gasteiger partial charge in [-0.3, -0.25) is 4.90 Å². The van der Waals surface area contributed by atoms with Gasteiger partial charge in [-0.1, -0.05) is 42.5 Å². The van der Waals surface area contributed by atoms with Crippen LogP contribution in [0.4, 0.5) is 10.5 Å². The van der Waals surface area contributed by atoms with Crippen LogP contribution in [0.3, 0.4) is 0 Å². The molecule has 5 nitrogen and oxygen atoms in total. The number of nitrogens with zero attached hydrogens (tertiary/aromatic N) is 1. The van der Waals surface area contributed by atoms with Crippen molar-refractivity contribution in [3.8, 4) is 0 Å². The number of anilines is 1. The SMILES string of the molecule is CC(N[C@H](CCO)c1ccccc1)c1cccc(N2CCOC2=O)c1. The zero-order chi connectivity index (χ0) is 17.6. The number of benzene rings is 2. The fourth-order valence-electron chi connectivity index (χ4n) is 3.15. The molecule has 5 heteroatoms.